The highest BCUT2D eigenvalue weighted by molar-refractivity contribution is 7.11. The molecule has 5 nitrogen and oxygen atoms in total. The number of aryl methyl sites for hydroxylation is 3. The van der Waals surface area contributed by atoms with Crippen LogP contribution in [0.4, 0.5) is 0 Å². The zero-order valence-corrected chi connectivity index (χ0v) is 12.4. The normalized spacial score (nSPS) is 15.7. The Morgan fingerprint density at radius 2 is 2.25 bits per heavy atom. The van der Waals surface area contributed by atoms with Crippen LogP contribution in [0.2, 0.25) is 0 Å². The Bertz CT molecular complexity index is 609. The lowest BCUT2D eigenvalue weighted by Gasteiger charge is -2.09. The number of thiazole rings is 1. The number of hydrogen-bond donors (Lipinski definition) is 1. The third-order valence-corrected chi connectivity index (χ3v) is 4.88. The van der Waals surface area contributed by atoms with E-state index >= 15 is 0 Å². The fourth-order valence-corrected chi connectivity index (χ4v) is 3.56. The van der Waals surface area contributed by atoms with Crippen LogP contribution < -0.4 is 5.32 Å². The van der Waals surface area contributed by atoms with Crippen LogP contribution in [0, 0.1) is 6.92 Å². The van der Waals surface area contributed by atoms with E-state index in [0.29, 0.717) is 11.5 Å². The van der Waals surface area contributed by atoms with Crippen molar-refractivity contribution in [2.45, 2.75) is 45.6 Å². The lowest BCUT2D eigenvalue weighted by atomic mass is 10.0. The summed E-state index contributed by atoms with van der Waals surface area (Å²) in [6, 6.07) is -0.103. The van der Waals surface area contributed by atoms with Gasteiger partial charge in [0, 0.05) is 4.88 Å². The minimum Gasteiger partial charge on any atom is -0.448 e. The molecule has 0 aliphatic heterocycles. The summed E-state index contributed by atoms with van der Waals surface area (Å²) in [7, 11) is 0. The summed E-state index contributed by atoms with van der Waals surface area (Å²) in [5.41, 5.74) is 1.56. The molecule has 0 bridgehead atoms. The third kappa shape index (κ3) is 2.47. The SMILES string of the molecule is Cc1ocnc1C(=O)N[C@@H](C)c1nc2c(s1)CCCC2. The molecular formula is C14H17N3O2S. The zero-order chi connectivity index (χ0) is 14.1. The molecule has 0 aromatic carbocycles. The molecule has 1 aliphatic carbocycles. The highest BCUT2D eigenvalue weighted by Crippen LogP contribution is 2.29. The summed E-state index contributed by atoms with van der Waals surface area (Å²) in [4.78, 5) is 22.1. The lowest BCUT2D eigenvalue weighted by molar-refractivity contribution is 0.0934. The van der Waals surface area contributed by atoms with E-state index in [0.717, 1.165) is 17.8 Å². The second-order valence-corrected chi connectivity index (χ2v) is 6.20. The summed E-state index contributed by atoms with van der Waals surface area (Å²) < 4.78 is 5.05. The molecule has 0 spiro atoms. The van der Waals surface area contributed by atoms with E-state index in [1.165, 1.54) is 29.8 Å². The summed E-state index contributed by atoms with van der Waals surface area (Å²) in [5.74, 6) is 0.324. The number of fused-ring (bicyclic) bond motifs is 1. The van der Waals surface area contributed by atoms with Gasteiger partial charge in [0.25, 0.3) is 5.91 Å². The molecule has 3 rings (SSSR count). The Balaban J connectivity index is 1.73. The van der Waals surface area contributed by atoms with Crippen molar-refractivity contribution < 1.29 is 9.21 Å². The predicted molar refractivity (Wildman–Crippen MR) is 75.9 cm³/mol. The Kier molecular flexibility index (Phi) is 3.56. The number of amides is 1. The van der Waals surface area contributed by atoms with Crippen LogP contribution in [0.25, 0.3) is 0 Å². The largest absolute Gasteiger partial charge is 0.448 e. The number of hydrogen-bond acceptors (Lipinski definition) is 5. The van der Waals surface area contributed by atoms with Gasteiger partial charge >= 0.3 is 0 Å². The number of rotatable bonds is 3. The zero-order valence-electron chi connectivity index (χ0n) is 11.6. The quantitative estimate of drug-likeness (QED) is 0.944. The smallest absolute Gasteiger partial charge is 0.274 e. The van der Waals surface area contributed by atoms with Crippen molar-refractivity contribution in [2.75, 3.05) is 0 Å². The van der Waals surface area contributed by atoms with Gasteiger partial charge in [0.15, 0.2) is 12.1 Å². The molecule has 0 saturated heterocycles. The first kappa shape index (κ1) is 13.3. The van der Waals surface area contributed by atoms with Crippen LogP contribution in [-0.2, 0) is 12.8 Å². The molecule has 1 N–H and O–H groups in total. The van der Waals surface area contributed by atoms with E-state index in [9.17, 15) is 4.79 Å². The molecule has 1 amide bonds. The Hall–Kier alpha value is -1.69. The van der Waals surface area contributed by atoms with Gasteiger partial charge < -0.3 is 9.73 Å². The molecule has 1 aliphatic rings. The maximum atomic E-state index is 12.1. The number of aromatic nitrogens is 2. The van der Waals surface area contributed by atoms with Gasteiger partial charge in [-0.15, -0.1) is 11.3 Å². The molecule has 0 unspecified atom stereocenters. The van der Waals surface area contributed by atoms with E-state index in [2.05, 4.69) is 15.3 Å². The first-order valence-electron chi connectivity index (χ1n) is 6.84. The van der Waals surface area contributed by atoms with Crippen molar-refractivity contribution in [1.29, 1.82) is 0 Å². The fourth-order valence-electron chi connectivity index (χ4n) is 2.41. The van der Waals surface area contributed by atoms with Gasteiger partial charge in [-0.05, 0) is 39.5 Å². The summed E-state index contributed by atoms with van der Waals surface area (Å²) in [6.45, 7) is 3.69. The summed E-state index contributed by atoms with van der Waals surface area (Å²) in [6.07, 6.45) is 5.94. The minimum atomic E-state index is -0.211. The van der Waals surface area contributed by atoms with Crippen molar-refractivity contribution in [1.82, 2.24) is 15.3 Å². The number of carbonyl (C=O) groups is 1. The topological polar surface area (TPSA) is 68.0 Å². The van der Waals surface area contributed by atoms with Gasteiger partial charge in [0.1, 0.15) is 10.8 Å². The van der Waals surface area contributed by atoms with E-state index in [1.54, 1.807) is 18.3 Å². The van der Waals surface area contributed by atoms with Crippen molar-refractivity contribution in [3.63, 3.8) is 0 Å². The van der Waals surface area contributed by atoms with Crippen molar-refractivity contribution in [3.05, 3.63) is 33.4 Å². The molecular weight excluding hydrogens is 274 g/mol. The van der Waals surface area contributed by atoms with Gasteiger partial charge in [-0.25, -0.2) is 9.97 Å². The van der Waals surface area contributed by atoms with Gasteiger partial charge in [-0.2, -0.15) is 0 Å². The Labute approximate surface area is 121 Å². The van der Waals surface area contributed by atoms with Gasteiger partial charge in [-0.1, -0.05) is 0 Å². The molecule has 1 atom stereocenters. The highest BCUT2D eigenvalue weighted by Gasteiger charge is 2.21. The number of carbonyl (C=O) groups excluding carboxylic acids is 1. The fraction of sp³-hybridized carbons (Fsp3) is 0.500. The third-order valence-electron chi connectivity index (χ3n) is 3.54. The molecule has 0 radical (unpaired) electrons. The van der Waals surface area contributed by atoms with E-state index in [4.69, 9.17) is 4.42 Å². The number of oxazole rings is 1. The lowest BCUT2D eigenvalue weighted by Crippen LogP contribution is -2.27. The van der Waals surface area contributed by atoms with Crippen LogP contribution in [0.5, 0.6) is 0 Å². The molecule has 0 fully saturated rings. The van der Waals surface area contributed by atoms with Crippen LogP contribution >= 0.6 is 11.3 Å². The monoisotopic (exact) mass is 291 g/mol. The first-order chi connectivity index (χ1) is 9.65. The number of nitrogens with zero attached hydrogens (tertiary/aromatic N) is 2. The summed E-state index contributed by atoms with van der Waals surface area (Å²) in [5, 5.41) is 3.91. The van der Waals surface area contributed by atoms with Crippen LogP contribution in [0.3, 0.4) is 0 Å². The van der Waals surface area contributed by atoms with Crippen LogP contribution in [0.1, 0.15) is 57.6 Å². The standard InChI is InChI=1S/C14H17N3O2S/c1-8(16-13(18)12-9(2)19-7-15-12)14-17-10-5-3-4-6-11(10)20-14/h7-8H,3-6H2,1-2H3,(H,16,18)/t8-/m0/s1. The van der Waals surface area contributed by atoms with E-state index in [-0.39, 0.29) is 11.9 Å². The first-order valence-corrected chi connectivity index (χ1v) is 7.66. The van der Waals surface area contributed by atoms with Crippen molar-refractivity contribution >= 4 is 17.2 Å². The average Bonchev–Trinajstić information content (AvgIpc) is 3.04. The number of nitrogens with one attached hydrogen (secondary N) is 1. The molecule has 20 heavy (non-hydrogen) atoms. The Morgan fingerprint density at radius 3 is 2.95 bits per heavy atom. The minimum absolute atomic E-state index is 0.103. The van der Waals surface area contributed by atoms with Gasteiger partial charge in [-0.3, -0.25) is 4.79 Å². The molecule has 2 aromatic rings. The van der Waals surface area contributed by atoms with E-state index < -0.39 is 0 Å². The van der Waals surface area contributed by atoms with Crippen molar-refractivity contribution in [3.8, 4) is 0 Å². The molecule has 106 valence electrons. The molecule has 2 heterocycles. The van der Waals surface area contributed by atoms with E-state index in [1.807, 2.05) is 6.92 Å². The maximum absolute atomic E-state index is 12.1. The average molecular weight is 291 g/mol. The molecule has 2 aromatic heterocycles. The van der Waals surface area contributed by atoms with Gasteiger partial charge in [0.05, 0.1) is 11.7 Å². The second-order valence-electron chi connectivity index (χ2n) is 5.08. The summed E-state index contributed by atoms with van der Waals surface area (Å²) >= 11 is 1.72. The molecule has 6 heteroatoms. The van der Waals surface area contributed by atoms with Crippen LogP contribution in [0.15, 0.2) is 10.8 Å². The Morgan fingerprint density at radius 1 is 1.45 bits per heavy atom. The predicted octanol–water partition coefficient (Wildman–Crippen LogP) is 2.81. The maximum Gasteiger partial charge on any atom is 0.274 e. The van der Waals surface area contributed by atoms with Gasteiger partial charge in [0.2, 0.25) is 0 Å². The van der Waals surface area contributed by atoms with Crippen LogP contribution in [-0.4, -0.2) is 15.9 Å². The highest BCUT2D eigenvalue weighted by atomic mass is 32.1. The molecule has 0 saturated carbocycles. The van der Waals surface area contributed by atoms with Crippen molar-refractivity contribution in [2.24, 2.45) is 0 Å². The second kappa shape index (κ2) is 5.36.